The van der Waals surface area contributed by atoms with Gasteiger partial charge in [-0.3, -0.25) is 14.9 Å². The van der Waals surface area contributed by atoms with E-state index in [1.54, 1.807) is 23.1 Å². The lowest BCUT2D eigenvalue weighted by Crippen LogP contribution is -2.29. The Labute approximate surface area is 153 Å². The van der Waals surface area contributed by atoms with Gasteiger partial charge in [0.25, 0.3) is 11.6 Å². The van der Waals surface area contributed by atoms with Crippen LogP contribution in [0.25, 0.3) is 0 Å². The number of nitro benzene ring substituents is 1. The molecular formula is C17H12ClN4O4-. The highest BCUT2D eigenvalue weighted by molar-refractivity contribution is 6.54. The molecule has 1 aliphatic rings. The summed E-state index contributed by atoms with van der Waals surface area (Å²) < 4.78 is 0. The lowest BCUT2D eigenvalue weighted by atomic mass is 10.1. The predicted molar refractivity (Wildman–Crippen MR) is 96.2 cm³/mol. The molecule has 2 aromatic carbocycles. The van der Waals surface area contributed by atoms with Gasteiger partial charge in [-0.15, -0.1) is 5.10 Å². The number of carbonyl (C=O) groups excluding carboxylic acids is 1. The first-order chi connectivity index (χ1) is 12.4. The minimum Gasteiger partial charge on any atom is -0.867 e. The van der Waals surface area contributed by atoms with Crippen LogP contribution >= 0.6 is 11.6 Å². The Kier molecular flexibility index (Phi) is 4.68. The normalized spacial score (nSPS) is 15.1. The molecule has 0 saturated carbocycles. The number of hydrogen-bond acceptors (Lipinski definition) is 6. The summed E-state index contributed by atoms with van der Waals surface area (Å²) in [6, 6.07) is 9.38. The molecule has 1 aliphatic heterocycles. The van der Waals surface area contributed by atoms with Crippen molar-refractivity contribution in [2.75, 3.05) is 11.4 Å². The molecule has 2 aromatic rings. The van der Waals surface area contributed by atoms with Crippen LogP contribution in [0.1, 0.15) is 18.1 Å². The molecule has 0 N–H and O–H groups in total. The van der Waals surface area contributed by atoms with E-state index in [-0.39, 0.29) is 22.2 Å². The average molecular weight is 372 g/mol. The molecule has 9 heteroatoms. The van der Waals surface area contributed by atoms with E-state index < -0.39 is 16.4 Å². The second-order valence-electron chi connectivity index (χ2n) is 5.36. The van der Waals surface area contributed by atoms with Crippen molar-refractivity contribution in [1.82, 2.24) is 0 Å². The average Bonchev–Trinajstić information content (AvgIpc) is 2.88. The van der Waals surface area contributed by atoms with Crippen molar-refractivity contribution in [3.05, 3.63) is 62.7 Å². The third-order valence-electron chi connectivity index (χ3n) is 3.83. The fourth-order valence-electron chi connectivity index (χ4n) is 2.65. The molecule has 1 amide bonds. The van der Waals surface area contributed by atoms with Gasteiger partial charge in [-0.05, 0) is 30.4 Å². The Hall–Kier alpha value is -3.26. The summed E-state index contributed by atoms with van der Waals surface area (Å²) in [6.45, 7) is 2.32. The number of halogens is 1. The maximum absolute atomic E-state index is 12.4. The van der Waals surface area contributed by atoms with E-state index in [0.717, 1.165) is 18.0 Å². The highest BCUT2D eigenvalue weighted by Crippen LogP contribution is 2.31. The smallest absolute Gasteiger partial charge is 0.279 e. The van der Waals surface area contributed by atoms with Crippen LogP contribution in [-0.2, 0) is 4.79 Å². The predicted octanol–water partition coefficient (Wildman–Crippen LogP) is 2.51. The zero-order valence-electron chi connectivity index (χ0n) is 13.5. The van der Waals surface area contributed by atoms with Gasteiger partial charge in [0, 0.05) is 23.2 Å². The summed E-state index contributed by atoms with van der Waals surface area (Å²) >= 11 is 5.80. The minimum atomic E-state index is -0.823. The monoisotopic (exact) mass is 371 g/mol. The maximum atomic E-state index is 12.4. The first-order valence-corrected chi connectivity index (χ1v) is 7.99. The summed E-state index contributed by atoms with van der Waals surface area (Å²) in [6.07, 6.45) is 1.05. The first-order valence-electron chi connectivity index (χ1n) is 7.61. The van der Waals surface area contributed by atoms with Crippen molar-refractivity contribution in [1.29, 1.82) is 0 Å². The lowest BCUT2D eigenvalue weighted by molar-refractivity contribution is -0.398. The molecule has 0 saturated heterocycles. The van der Waals surface area contributed by atoms with Crippen molar-refractivity contribution >= 4 is 40.8 Å². The Morgan fingerprint density at radius 1 is 1.31 bits per heavy atom. The number of amides is 1. The third kappa shape index (κ3) is 3.02. The number of fused-ring (bicyclic) bond motifs is 1. The standard InChI is InChI=1S/C17H13ClN4O4/c1-2-21-13-6-4-3-5-12(13)15(17(21)24)20-19-9-10-7-11(18)8-14(16(10)23)22(25)26/h3-9,23H,2H2,1H3/p-1/b19-9-,20-15+. The van der Waals surface area contributed by atoms with Crippen molar-refractivity contribution in [2.24, 2.45) is 10.2 Å². The minimum absolute atomic E-state index is 0.0323. The van der Waals surface area contributed by atoms with E-state index in [9.17, 15) is 20.0 Å². The van der Waals surface area contributed by atoms with Crippen molar-refractivity contribution < 1.29 is 14.8 Å². The number of carbonyl (C=O) groups is 1. The summed E-state index contributed by atoms with van der Waals surface area (Å²) in [5.74, 6) is -1.12. The molecule has 26 heavy (non-hydrogen) atoms. The number of nitro groups is 1. The third-order valence-corrected chi connectivity index (χ3v) is 4.05. The molecule has 1 heterocycles. The zero-order valence-corrected chi connectivity index (χ0v) is 14.3. The van der Waals surface area contributed by atoms with E-state index in [1.165, 1.54) is 6.07 Å². The quantitative estimate of drug-likeness (QED) is 0.467. The van der Waals surface area contributed by atoms with Crippen LogP contribution in [0.4, 0.5) is 11.4 Å². The molecule has 0 aromatic heterocycles. The van der Waals surface area contributed by atoms with Gasteiger partial charge in [0.15, 0.2) is 5.71 Å². The maximum Gasteiger partial charge on any atom is 0.279 e. The number of rotatable bonds is 4. The van der Waals surface area contributed by atoms with Gasteiger partial charge < -0.3 is 10.0 Å². The van der Waals surface area contributed by atoms with Gasteiger partial charge in [-0.2, -0.15) is 5.10 Å². The number of anilines is 1. The van der Waals surface area contributed by atoms with Crippen molar-refractivity contribution in [3.63, 3.8) is 0 Å². The van der Waals surface area contributed by atoms with E-state index in [4.69, 9.17) is 11.6 Å². The molecule has 0 atom stereocenters. The Balaban J connectivity index is 1.98. The lowest BCUT2D eigenvalue weighted by Gasteiger charge is -2.12. The summed E-state index contributed by atoms with van der Waals surface area (Å²) in [7, 11) is 0. The Morgan fingerprint density at radius 2 is 2.04 bits per heavy atom. The number of benzene rings is 2. The molecule has 8 nitrogen and oxygen atoms in total. The first kappa shape index (κ1) is 17.6. The molecule has 0 fully saturated rings. The number of nitrogens with zero attached hydrogens (tertiary/aromatic N) is 4. The topological polar surface area (TPSA) is 111 Å². The van der Waals surface area contributed by atoms with Gasteiger partial charge in [0.2, 0.25) is 0 Å². The van der Waals surface area contributed by atoms with E-state index in [0.29, 0.717) is 12.1 Å². The van der Waals surface area contributed by atoms with Crippen LogP contribution in [0.3, 0.4) is 0 Å². The summed E-state index contributed by atoms with van der Waals surface area (Å²) in [5.41, 5.74) is 0.779. The molecular weight excluding hydrogens is 360 g/mol. The Bertz CT molecular complexity index is 971. The Morgan fingerprint density at radius 3 is 2.73 bits per heavy atom. The fourth-order valence-corrected chi connectivity index (χ4v) is 2.87. The van der Waals surface area contributed by atoms with Crippen LogP contribution in [0.5, 0.6) is 5.75 Å². The largest absolute Gasteiger partial charge is 0.867 e. The second-order valence-corrected chi connectivity index (χ2v) is 5.80. The number of hydrogen-bond donors (Lipinski definition) is 0. The second kappa shape index (κ2) is 6.93. The highest BCUT2D eigenvalue weighted by atomic mass is 35.5. The van der Waals surface area contributed by atoms with Gasteiger partial charge in [-0.25, -0.2) is 0 Å². The van der Waals surface area contributed by atoms with Crippen LogP contribution < -0.4 is 10.0 Å². The molecule has 0 bridgehead atoms. The van der Waals surface area contributed by atoms with Crippen LogP contribution in [0.15, 0.2) is 46.6 Å². The van der Waals surface area contributed by atoms with Gasteiger partial charge in [-0.1, -0.05) is 29.8 Å². The molecule has 0 radical (unpaired) electrons. The van der Waals surface area contributed by atoms with Gasteiger partial charge in [0.05, 0.1) is 16.8 Å². The molecule has 0 aliphatic carbocycles. The van der Waals surface area contributed by atoms with E-state index in [2.05, 4.69) is 10.2 Å². The van der Waals surface area contributed by atoms with Crippen LogP contribution in [0, 0.1) is 10.1 Å². The highest BCUT2D eigenvalue weighted by Gasteiger charge is 2.32. The van der Waals surface area contributed by atoms with E-state index >= 15 is 0 Å². The zero-order chi connectivity index (χ0) is 18.8. The summed E-state index contributed by atoms with van der Waals surface area (Å²) in [4.78, 5) is 24.1. The number of likely N-dealkylation sites (N-methyl/N-ethyl adjacent to an activating group) is 1. The number of para-hydroxylation sites is 1. The molecule has 3 rings (SSSR count). The summed E-state index contributed by atoms with van der Waals surface area (Å²) in [5, 5.41) is 30.7. The fraction of sp³-hybridized carbons (Fsp3) is 0.118. The SMILES string of the molecule is CCN1C(=O)/C(=N/N=C\c2cc(Cl)cc([N+](=O)[O-])c2[O-])c2ccccc21. The van der Waals surface area contributed by atoms with E-state index in [1.807, 2.05) is 13.0 Å². The van der Waals surface area contributed by atoms with Crippen LogP contribution in [0.2, 0.25) is 5.02 Å². The van der Waals surface area contributed by atoms with Gasteiger partial charge >= 0.3 is 0 Å². The van der Waals surface area contributed by atoms with Crippen LogP contribution in [-0.4, -0.2) is 29.3 Å². The van der Waals surface area contributed by atoms with Crippen molar-refractivity contribution in [3.8, 4) is 5.75 Å². The molecule has 0 unspecified atom stereocenters. The molecule has 0 spiro atoms. The molecule has 132 valence electrons. The van der Waals surface area contributed by atoms with Gasteiger partial charge in [0.1, 0.15) is 0 Å². The van der Waals surface area contributed by atoms with Crippen molar-refractivity contribution in [2.45, 2.75) is 6.92 Å².